The van der Waals surface area contributed by atoms with Crippen LogP contribution in [0, 0.1) is 0 Å². The highest BCUT2D eigenvalue weighted by atomic mass is 35.5. The van der Waals surface area contributed by atoms with E-state index in [0.717, 1.165) is 60.7 Å². The van der Waals surface area contributed by atoms with Crippen LogP contribution in [-0.4, -0.2) is 35.7 Å². The number of aromatic nitrogens is 2. The lowest BCUT2D eigenvalue weighted by atomic mass is 10.1. The number of nitrogens with zero attached hydrogens (tertiary/aromatic N) is 3. The van der Waals surface area contributed by atoms with Gasteiger partial charge < -0.3 is 14.4 Å². The Bertz CT molecular complexity index is 856. The monoisotopic (exact) mass is 373 g/mol. The van der Waals surface area contributed by atoms with Crippen LogP contribution in [-0.2, 0) is 28.8 Å². The first-order valence-corrected chi connectivity index (χ1v) is 9.28. The predicted molar refractivity (Wildman–Crippen MR) is 98.3 cm³/mol. The third kappa shape index (κ3) is 3.09. The lowest BCUT2D eigenvalue weighted by molar-refractivity contribution is -0.145. The molecule has 0 fully saturated rings. The summed E-state index contributed by atoms with van der Waals surface area (Å²) in [6.45, 7) is 2.84. The van der Waals surface area contributed by atoms with Crippen LogP contribution in [0.25, 0.3) is 0 Å². The SMILES string of the molecule is CCOC(=O)COc1cccc2c1CCN2c1nc(Cl)nc2c1CCC2. The molecule has 0 unspecified atom stereocenters. The van der Waals surface area contributed by atoms with Crippen LogP contribution in [0.15, 0.2) is 18.2 Å². The molecular formula is C19H20ClN3O3. The quantitative estimate of drug-likeness (QED) is 0.592. The molecule has 0 saturated heterocycles. The van der Waals surface area contributed by atoms with E-state index in [1.54, 1.807) is 6.92 Å². The van der Waals surface area contributed by atoms with Gasteiger partial charge in [-0.2, -0.15) is 4.98 Å². The smallest absolute Gasteiger partial charge is 0.344 e. The van der Waals surface area contributed by atoms with E-state index in [-0.39, 0.29) is 12.6 Å². The van der Waals surface area contributed by atoms with Gasteiger partial charge in [0.1, 0.15) is 11.6 Å². The minimum absolute atomic E-state index is 0.0843. The van der Waals surface area contributed by atoms with Crippen LogP contribution in [0.1, 0.15) is 30.2 Å². The van der Waals surface area contributed by atoms with Crippen molar-refractivity contribution in [3.63, 3.8) is 0 Å². The molecule has 0 amide bonds. The number of ether oxygens (including phenoxy) is 2. The van der Waals surface area contributed by atoms with Crippen molar-refractivity contribution in [2.45, 2.75) is 32.6 Å². The molecular weight excluding hydrogens is 354 g/mol. The molecule has 0 radical (unpaired) electrons. The van der Waals surface area contributed by atoms with Crippen LogP contribution in [0.5, 0.6) is 5.75 Å². The van der Waals surface area contributed by atoms with Crippen molar-refractivity contribution in [2.75, 3.05) is 24.7 Å². The zero-order chi connectivity index (χ0) is 18.1. The van der Waals surface area contributed by atoms with E-state index in [4.69, 9.17) is 21.1 Å². The Morgan fingerprint density at radius 1 is 1.23 bits per heavy atom. The maximum absolute atomic E-state index is 11.6. The van der Waals surface area contributed by atoms with Crippen LogP contribution < -0.4 is 9.64 Å². The normalized spacial score (nSPS) is 14.9. The molecule has 7 heteroatoms. The lowest BCUT2D eigenvalue weighted by Crippen LogP contribution is -2.17. The van der Waals surface area contributed by atoms with Gasteiger partial charge in [-0.05, 0) is 56.3 Å². The van der Waals surface area contributed by atoms with Gasteiger partial charge in [-0.3, -0.25) is 0 Å². The number of anilines is 2. The van der Waals surface area contributed by atoms with Gasteiger partial charge in [0.25, 0.3) is 0 Å². The molecule has 4 rings (SSSR count). The van der Waals surface area contributed by atoms with Crippen LogP contribution >= 0.6 is 11.6 Å². The van der Waals surface area contributed by atoms with Crippen molar-refractivity contribution in [3.05, 3.63) is 40.3 Å². The van der Waals surface area contributed by atoms with E-state index >= 15 is 0 Å². The number of carbonyl (C=O) groups is 1. The fourth-order valence-corrected chi connectivity index (χ4v) is 3.89. The molecule has 1 aromatic heterocycles. The van der Waals surface area contributed by atoms with E-state index < -0.39 is 0 Å². The van der Waals surface area contributed by atoms with Crippen LogP contribution in [0.3, 0.4) is 0 Å². The number of hydrogen-bond acceptors (Lipinski definition) is 6. The summed E-state index contributed by atoms with van der Waals surface area (Å²) in [4.78, 5) is 22.7. The Kier molecular flexibility index (Phi) is 4.68. The number of carbonyl (C=O) groups excluding carboxylic acids is 1. The lowest BCUT2D eigenvalue weighted by Gasteiger charge is -2.21. The zero-order valence-electron chi connectivity index (χ0n) is 14.6. The van der Waals surface area contributed by atoms with Crippen molar-refractivity contribution in [1.82, 2.24) is 9.97 Å². The third-order valence-electron chi connectivity index (χ3n) is 4.78. The van der Waals surface area contributed by atoms with E-state index in [0.29, 0.717) is 11.9 Å². The molecule has 0 saturated carbocycles. The largest absolute Gasteiger partial charge is 0.482 e. The number of benzene rings is 1. The molecule has 26 heavy (non-hydrogen) atoms. The third-order valence-corrected chi connectivity index (χ3v) is 4.94. The van der Waals surface area contributed by atoms with Crippen molar-refractivity contribution in [1.29, 1.82) is 0 Å². The van der Waals surface area contributed by atoms with Crippen molar-refractivity contribution in [3.8, 4) is 5.75 Å². The Morgan fingerprint density at radius 3 is 2.96 bits per heavy atom. The van der Waals surface area contributed by atoms with E-state index in [2.05, 4.69) is 20.9 Å². The zero-order valence-corrected chi connectivity index (χ0v) is 15.4. The minimum atomic E-state index is -0.361. The first kappa shape index (κ1) is 17.1. The number of fused-ring (bicyclic) bond motifs is 2. The molecule has 2 aliphatic rings. The van der Waals surface area contributed by atoms with Crippen molar-refractivity contribution >= 4 is 29.1 Å². The van der Waals surface area contributed by atoms with Gasteiger partial charge >= 0.3 is 5.97 Å². The second-order valence-corrected chi connectivity index (χ2v) is 6.68. The molecule has 0 N–H and O–H groups in total. The average molecular weight is 374 g/mol. The van der Waals surface area contributed by atoms with Gasteiger partial charge in [-0.15, -0.1) is 0 Å². The molecule has 1 aliphatic heterocycles. The molecule has 136 valence electrons. The number of rotatable bonds is 5. The summed E-state index contributed by atoms with van der Waals surface area (Å²) in [5, 5.41) is 0.295. The highest BCUT2D eigenvalue weighted by Crippen LogP contribution is 2.41. The van der Waals surface area contributed by atoms with Crippen molar-refractivity contribution < 1.29 is 14.3 Å². The number of esters is 1. The maximum Gasteiger partial charge on any atom is 0.344 e. The van der Waals surface area contributed by atoms with E-state index in [1.807, 2.05) is 12.1 Å². The fraction of sp³-hybridized carbons (Fsp3) is 0.421. The van der Waals surface area contributed by atoms with Gasteiger partial charge in [0.15, 0.2) is 6.61 Å². The summed E-state index contributed by atoms with van der Waals surface area (Å²) < 4.78 is 10.6. The number of aryl methyl sites for hydroxylation is 1. The molecule has 2 heterocycles. The van der Waals surface area contributed by atoms with Gasteiger partial charge in [0.2, 0.25) is 5.28 Å². The predicted octanol–water partition coefficient (Wildman–Crippen LogP) is 3.25. The summed E-state index contributed by atoms with van der Waals surface area (Å²) in [5.74, 6) is 1.26. The topological polar surface area (TPSA) is 64.6 Å². The molecule has 1 aromatic carbocycles. The summed E-state index contributed by atoms with van der Waals surface area (Å²) in [6, 6.07) is 5.87. The first-order chi connectivity index (χ1) is 12.7. The molecule has 2 aromatic rings. The molecule has 6 nitrogen and oxygen atoms in total. The number of hydrogen-bond donors (Lipinski definition) is 0. The molecule has 1 aliphatic carbocycles. The Balaban J connectivity index is 1.63. The fourth-order valence-electron chi connectivity index (χ4n) is 3.70. The average Bonchev–Trinajstić information content (AvgIpc) is 3.26. The first-order valence-electron chi connectivity index (χ1n) is 8.90. The second kappa shape index (κ2) is 7.11. The molecule has 0 spiro atoms. The van der Waals surface area contributed by atoms with Crippen molar-refractivity contribution in [2.24, 2.45) is 0 Å². The van der Waals surface area contributed by atoms with Gasteiger partial charge in [-0.1, -0.05) is 6.07 Å². The van der Waals surface area contributed by atoms with Gasteiger partial charge in [-0.25, -0.2) is 9.78 Å². The highest BCUT2D eigenvalue weighted by Gasteiger charge is 2.29. The Hall–Kier alpha value is -2.34. The Labute approximate surface area is 157 Å². The van der Waals surface area contributed by atoms with Crippen LogP contribution in [0.4, 0.5) is 11.5 Å². The van der Waals surface area contributed by atoms with Gasteiger partial charge in [0, 0.05) is 23.4 Å². The Morgan fingerprint density at radius 2 is 2.12 bits per heavy atom. The molecule has 0 bridgehead atoms. The standard InChI is InChI=1S/C19H20ClN3O3/c1-2-25-17(24)11-26-16-8-4-7-15-13(16)9-10-23(15)18-12-5-3-6-14(12)21-19(20)22-18/h4,7-8H,2-3,5-6,9-11H2,1H3. The summed E-state index contributed by atoms with van der Waals surface area (Å²) in [7, 11) is 0. The second-order valence-electron chi connectivity index (χ2n) is 6.34. The molecule has 0 atom stereocenters. The maximum atomic E-state index is 11.6. The van der Waals surface area contributed by atoms with E-state index in [1.165, 1.54) is 5.56 Å². The van der Waals surface area contributed by atoms with Crippen LogP contribution in [0.2, 0.25) is 5.28 Å². The highest BCUT2D eigenvalue weighted by molar-refractivity contribution is 6.28. The summed E-state index contributed by atoms with van der Waals surface area (Å²) in [6.07, 6.45) is 3.84. The summed E-state index contributed by atoms with van der Waals surface area (Å²) >= 11 is 6.15. The number of halogens is 1. The summed E-state index contributed by atoms with van der Waals surface area (Å²) in [5.41, 5.74) is 4.39. The van der Waals surface area contributed by atoms with E-state index in [9.17, 15) is 4.79 Å². The minimum Gasteiger partial charge on any atom is -0.482 e. The van der Waals surface area contributed by atoms with Gasteiger partial charge in [0.05, 0.1) is 12.3 Å².